The van der Waals surface area contributed by atoms with Gasteiger partial charge in [-0.25, -0.2) is 15.0 Å². The second-order valence-electron chi connectivity index (χ2n) is 4.95. The third kappa shape index (κ3) is 3.93. The van der Waals surface area contributed by atoms with E-state index in [0.29, 0.717) is 12.4 Å². The largest absolute Gasteiger partial charge is 0.444 e. The zero-order valence-electron chi connectivity index (χ0n) is 13.2. The fourth-order valence-corrected chi connectivity index (χ4v) is 1.97. The fraction of sp³-hybridized carbons (Fsp3) is 0.533. The summed E-state index contributed by atoms with van der Waals surface area (Å²) in [6.45, 7) is 9.49. The van der Waals surface area contributed by atoms with E-state index in [0.717, 1.165) is 48.2 Å². The lowest BCUT2D eigenvalue weighted by Crippen LogP contribution is -2.10. The van der Waals surface area contributed by atoms with Crippen molar-refractivity contribution in [2.45, 2.75) is 47.1 Å². The van der Waals surface area contributed by atoms with Crippen molar-refractivity contribution in [1.82, 2.24) is 15.0 Å². The molecule has 0 atom stereocenters. The number of rotatable bonds is 7. The van der Waals surface area contributed by atoms with E-state index in [1.807, 2.05) is 20.8 Å². The molecule has 0 aliphatic rings. The van der Waals surface area contributed by atoms with Gasteiger partial charge in [-0.1, -0.05) is 13.8 Å². The summed E-state index contributed by atoms with van der Waals surface area (Å²) in [6.07, 6.45) is 3.68. The average Bonchev–Trinajstić information content (AvgIpc) is 2.94. The molecule has 114 valence electrons. The zero-order valence-corrected chi connectivity index (χ0v) is 13.2. The third-order valence-corrected chi connectivity index (χ3v) is 3.16. The van der Waals surface area contributed by atoms with Crippen molar-refractivity contribution >= 4 is 11.6 Å². The van der Waals surface area contributed by atoms with Crippen molar-refractivity contribution < 1.29 is 4.42 Å². The van der Waals surface area contributed by atoms with Crippen LogP contribution in [0.2, 0.25) is 0 Å². The standard InChI is InChI=1S/C15H23N5O/c1-5-7-16-14-10(3)15(20-11(4)19-14)18-9-13-17-8-12(6-2)21-13/h8H,5-7,9H2,1-4H3,(H2,16,18,19,20). The number of hydrogen-bond acceptors (Lipinski definition) is 6. The highest BCUT2D eigenvalue weighted by Gasteiger charge is 2.10. The van der Waals surface area contributed by atoms with E-state index in [-0.39, 0.29) is 0 Å². The highest BCUT2D eigenvalue weighted by atomic mass is 16.4. The van der Waals surface area contributed by atoms with E-state index in [2.05, 4.69) is 32.5 Å². The number of nitrogens with zero attached hydrogens (tertiary/aromatic N) is 3. The lowest BCUT2D eigenvalue weighted by molar-refractivity contribution is 0.465. The molecule has 0 amide bonds. The Morgan fingerprint density at radius 1 is 1.10 bits per heavy atom. The van der Waals surface area contributed by atoms with Gasteiger partial charge in [-0.2, -0.15) is 0 Å². The minimum Gasteiger partial charge on any atom is -0.444 e. The molecular formula is C15H23N5O. The quantitative estimate of drug-likeness (QED) is 0.815. The van der Waals surface area contributed by atoms with Gasteiger partial charge in [-0.05, 0) is 20.3 Å². The molecule has 0 saturated carbocycles. The van der Waals surface area contributed by atoms with E-state index in [4.69, 9.17) is 4.42 Å². The Balaban J connectivity index is 2.09. The van der Waals surface area contributed by atoms with Gasteiger partial charge in [0.2, 0.25) is 5.89 Å². The summed E-state index contributed by atoms with van der Waals surface area (Å²) in [4.78, 5) is 13.1. The van der Waals surface area contributed by atoms with Gasteiger partial charge >= 0.3 is 0 Å². The van der Waals surface area contributed by atoms with E-state index in [1.165, 1.54) is 0 Å². The molecule has 2 aromatic rings. The molecule has 0 aliphatic heterocycles. The number of hydrogen-bond donors (Lipinski definition) is 2. The first kappa shape index (κ1) is 15.3. The second kappa shape index (κ2) is 7.06. The molecule has 6 heteroatoms. The van der Waals surface area contributed by atoms with Crippen LogP contribution in [0, 0.1) is 13.8 Å². The molecule has 0 aliphatic carbocycles. The normalized spacial score (nSPS) is 10.7. The Hall–Kier alpha value is -2.11. The van der Waals surface area contributed by atoms with Gasteiger partial charge in [0.15, 0.2) is 0 Å². The van der Waals surface area contributed by atoms with Crippen LogP contribution >= 0.6 is 0 Å². The zero-order chi connectivity index (χ0) is 15.2. The van der Waals surface area contributed by atoms with Crippen molar-refractivity contribution in [3.05, 3.63) is 29.2 Å². The summed E-state index contributed by atoms with van der Waals surface area (Å²) in [7, 11) is 0. The first-order valence-corrected chi connectivity index (χ1v) is 7.40. The number of nitrogens with one attached hydrogen (secondary N) is 2. The number of oxazole rings is 1. The minimum atomic E-state index is 0.518. The van der Waals surface area contributed by atoms with Gasteiger partial charge in [-0.3, -0.25) is 0 Å². The van der Waals surface area contributed by atoms with Crippen LogP contribution in [-0.2, 0) is 13.0 Å². The highest BCUT2D eigenvalue weighted by molar-refractivity contribution is 5.57. The van der Waals surface area contributed by atoms with Crippen LogP contribution in [0.4, 0.5) is 11.6 Å². The molecule has 21 heavy (non-hydrogen) atoms. The monoisotopic (exact) mass is 289 g/mol. The van der Waals surface area contributed by atoms with Gasteiger partial charge in [-0.15, -0.1) is 0 Å². The van der Waals surface area contributed by atoms with Crippen molar-refractivity contribution in [3.63, 3.8) is 0 Å². The Morgan fingerprint density at radius 2 is 1.81 bits per heavy atom. The Kier molecular flexibility index (Phi) is 5.14. The SMILES string of the molecule is CCCNc1nc(C)nc(NCc2ncc(CC)o2)c1C. The van der Waals surface area contributed by atoms with Crippen molar-refractivity contribution in [2.75, 3.05) is 17.2 Å². The van der Waals surface area contributed by atoms with Gasteiger partial charge in [0, 0.05) is 18.5 Å². The van der Waals surface area contributed by atoms with Crippen molar-refractivity contribution in [1.29, 1.82) is 0 Å². The van der Waals surface area contributed by atoms with E-state index < -0.39 is 0 Å². The van der Waals surface area contributed by atoms with E-state index in [1.54, 1.807) is 6.20 Å². The maximum atomic E-state index is 5.59. The summed E-state index contributed by atoms with van der Waals surface area (Å²) in [5.74, 6) is 4.01. The van der Waals surface area contributed by atoms with Crippen LogP contribution in [0.3, 0.4) is 0 Å². The summed E-state index contributed by atoms with van der Waals surface area (Å²) in [5, 5.41) is 6.60. The summed E-state index contributed by atoms with van der Waals surface area (Å²) >= 11 is 0. The van der Waals surface area contributed by atoms with Crippen LogP contribution in [-0.4, -0.2) is 21.5 Å². The van der Waals surface area contributed by atoms with Crippen LogP contribution in [0.25, 0.3) is 0 Å². The van der Waals surface area contributed by atoms with Crippen molar-refractivity contribution in [3.8, 4) is 0 Å². The van der Waals surface area contributed by atoms with E-state index in [9.17, 15) is 0 Å². The molecular weight excluding hydrogens is 266 g/mol. The first-order valence-electron chi connectivity index (χ1n) is 7.40. The lowest BCUT2D eigenvalue weighted by Gasteiger charge is -2.13. The average molecular weight is 289 g/mol. The highest BCUT2D eigenvalue weighted by Crippen LogP contribution is 2.20. The Morgan fingerprint density at radius 3 is 2.43 bits per heavy atom. The molecule has 0 unspecified atom stereocenters. The predicted molar refractivity (Wildman–Crippen MR) is 83.5 cm³/mol. The molecule has 2 aromatic heterocycles. The predicted octanol–water partition coefficient (Wildman–Crippen LogP) is 3.08. The summed E-state index contributed by atoms with van der Waals surface area (Å²) < 4.78 is 5.59. The van der Waals surface area contributed by atoms with Gasteiger partial charge in [0.05, 0.1) is 12.7 Å². The first-order chi connectivity index (χ1) is 10.1. The molecule has 0 radical (unpaired) electrons. The molecule has 0 spiro atoms. The summed E-state index contributed by atoms with van der Waals surface area (Å²) in [5.41, 5.74) is 1.01. The summed E-state index contributed by atoms with van der Waals surface area (Å²) in [6, 6.07) is 0. The Bertz CT molecular complexity index is 594. The van der Waals surface area contributed by atoms with Gasteiger partial charge in [0.25, 0.3) is 0 Å². The minimum absolute atomic E-state index is 0.518. The molecule has 0 saturated heterocycles. The topological polar surface area (TPSA) is 75.9 Å². The molecule has 0 aromatic carbocycles. The van der Waals surface area contributed by atoms with Crippen molar-refractivity contribution in [2.24, 2.45) is 0 Å². The van der Waals surface area contributed by atoms with Crippen LogP contribution in [0.1, 0.15) is 43.3 Å². The molecule has 0 fully saturated rings. The molecule has 2 rings (SSSR count). The molecule has 2 N–H and O–H groups in total. The maximum Gasteiger partial charge on any atom is 0.213 e. The molecule has 6 nitrogen and oxygen atoms in total. The maximum absolute atomic E-state index is 5.59. The third-order valence-electron chi connectivity index (χ3n) is 3.16. The Labute approximate surface area is 125 Å². The van der Waals surface area contributed by atoms with Crippen LogP contribution in [0.15, 0.2) is 10.6 Å². The number of aryl methyl sites for hydroxylation is 2. The number of anilines is 2. The van der Waals surface area contributed by atoms with Gasteiger partial charge in [0.1, 0.15) is 23.2 Å². The van der Waals surface area contributed by atoms with Crippen LogP contribution < -0.4 is 10.6 Å². The van der Waals surface area contributed by atoms with Gasteiger partial charge < -0.3 is 15.1 Å². The molecule has 0 bridgehead atoms. The smallest absolute Gasteiger partial charge is 0.213 e. The van der Waals surface area contributed by atoms with Crippen LogP contribution in [0.5, 0.6) is 0 Å². The molecule has 2 heterocycles. The number of aromatic nitrogens is 3. The fourth-order valence-electron chi connectivity index (χ4n) is 1.97. The second-order valence-corrected chi connectivity index (χ2v) is 4.95. The lowest BCUT2D eigenvalue weighted by atomic mass is 10.3. The van der Waals surface area contributed by atoms with E-state index >= 15 is 0 Å².